The number of nitro groups is 1. The molecule has 3 rings (SSSR count). The lowest BCUT2D eigenvalue weighted by Gasteiger charge is -2.23. The molecule has 1 aliphatic rings. The van der Waals surface area contributed by atoms with Crippen molar-refractivity contribution in [2.75, 3.05) is 6.54 Å². The van der Waals surface area contributed by atoms with E-state index in [9.17, 15) is 10.1 Å². The summed E-state index contributed by atoms with van der Waals surface area (Å²) in [7, 11) is 0. The Morgan fingerprint density at radius 3 is 3.11 bits per heavy atom. The van der Waals surface area contributed by atoms with Crippen LogP contribution in [0.3, 0.4) is 0 Å². The molecule has 2 aromatic rings. The number of aromatic nitrogens is 1. The van der Waals surface area contributed by atoms with E-state index in [1.807, 2.05) is 6.07 Å². The molecule has 0 saturated heterocycles. The van der Waals surface area contributed by atoms with Gasteiger partial charge in [-0.05, 0) is 37.4 Å². The third-order valence-electron chi connectivity index (χ3n) is 3.85. The molecule has 1 aliphatic carbocycles. The molecule has 0 radical (unpaired) electrons. The van der Waals surface area contributed by atoms with Gasteiger partial charge in [-0.2, -0.15) is 0 Å². The van der Waals surface area contributed by atoms with Gasteiger partial charge >= 0.3 is 0 Å². The highest BCUT2D eigenvalue weighted by Gasteiger charge is 2.24. The molecule has 0 spiro atoms. The largest absolute Gasteiger partial charge is 0.357 e. The minimum Gasteiger partial charge on any atom is -0.357 e. The topological polar surface area (TPSA) is 71.0 Å². The predicted molar refractivity (Wildman–Crippen MR) is 74.3 cm³/mol. The number of aryl methyl sites for hydroxylation is 1. The van der Waals surface area contributed by atoms with Crippen molar-refractivity contribution in [2.45, 2.75) is 32.2 Å². The zero-order valence-electron chi connectivity index (χ0n) is 10.9. The van der Waals surface area contributed by atoms with Gasteiger partial charge in [0.2, 0.25) is 0 Å². The van der Waals surface area contributed by atoms with Crippen LogP contribution >= 0.6 is 0 Å². The Kier molecular flexibility index (Phi) is 2.98. The van der Waals surface area contributed by atoms with Crippen molar-refractivity contribution in [1.82, 2.24) is 10.3 Å². The number of nitrogens with zero attached hydrogens (tertiary/aromatic N) is 1. The van der Waals surface area contributed by atoms with Crippen molar-refractivity contribution < 1.29 is 4.92 Å². The molecule has 1 unspecified atom stereocenters. The number of nitro benzene ring substituents is 1. The molecule has 0 bridgehead atoms. The van der Waals surface area contributed by atoms with Crippen LogP contribution in [0.2, 0.25) is 0 Å². The third-order valence-corrected chi connectivity index (χ3v) is 3.85. The predicted octanol–water partition coefficient (Wildman–Crippen LogP) is 3.06. The number of hydrogen-bond donors (Lipinski definition) is 2. The fourth-order valence-corrected chi connectivity index (χ4v) is 3.01. The van der Waals surface area contributed by atoms with Gasteiger partial charge < -0.3 is 10.3 Å². The first kappa shape index (κ1) is 12.2. The normalized spacial score (nSPS) is 18.5. The van der Waals surface area contributed by atoms with Crippen LogP contribution in [-0.2, 0) is 6.42 Å². The second kappa shape index (κ2) is 4.66. The van der Waals surface area contributed by atoms with Gasteiger partial charge in [-0.25, -0.2) is 0 Å². The minimum atomic E-state index is -0.330. The maximum absolute atomic E-state index is 10.9. The molecule has 1 aromatic carbocycles. The Morgan fingerprint density at radius 1 is 1.53 bits per heavy atom. The molecule has 100 valence electrons. The van der Waals surface area contributed by atoms with Crippen molar-refractivity contribution >= 4 is 16.6 Å². The van der Waals surface area contributed by atoms with E-state index in [2.05, 4.69) is 17.2 Å². The average molecular weight is 259 g/mol. The molecule has 1 heterocycles. The standard InChI is InChI=1S/C14H17N3O2/c1-2-15-13-5-3-4-10-11-8-9(17(18)19)6-7-12(11)16-14(10)13/h6-8,13,15-16H,2-5H2,1H3. The lowest BCUT2D eigenvalue weighted by Crippen LogP contribution is -2.24. The SMILES string of the molecule is CCNC1CCCc2c1[nH]c1ccc([N+](=O)[O-])cc21. The summed E-state index contributed by atoms with van der Waals surface area (Å²) in [4.78, 5) is 14.0. The van der Waals surface area contributed by atoms with Gasteiger partial charge in [0, 0.05) is 34.8 Å². The highest BCUT2D eigenvalue weighted by atomic mass is 16.6. The summed E-state index contributed by atoms with van der Waals surface area (Å²) in [5.41, 5.74) is 3.62. The van der Waals surface area contributed by atoms with E-state index in [0.29, 0.717) is 6.04 Å². The second-order valence-corrected chi connectivity index (χ2v) is 5.01. The fraction of sp³-hybridized carbons (Fsp3) is 0.429. The van der Waals surface area contributed by atoms with Crippen molar-refractivity contribution in [2.24, 2.45) is 0 Å². The Hall–Kier alpha value is -1.88. The van der Waals surface area contributed by atoms with Gasteiger partial charge in [-0.15, -0.1) is 0 Å². The molecule has 0 saturated carbocycles. The van der Waals surface area contributed by atoms with Crippen LogP contribution in [0.5, 0.6) is 0 Å². The first-order chi connectivity index (χ1) is 9.20. The molecule has 1 atom stereocenters. The van der Waals surface area contributed by atoms with Crippen LogP contribution in [0.25, 0.3) is 10.9 Å². The minimum absolute atomic E-state index is 0.167. The average Bonchev–Trinajstić information content (AvgIpc) is 2.78. The highest BCUT2D eigenvalue weighted by Crippen LogP contribution is 2.35. The first-order valence-corrected chi connectivity index (χ1v) is 6.73. The van der Waals surface area contributed by atoms with Crippen LogP contribution in [0, 0.1) is 10.1 Å². The summed E-state index contributed by atoms with van der Waals surface area (Å²) in [6.45, 7) is 3.03. The first-order valence-electron chi connectivity index (χ1n) is 6.73. The van der Waals surface area contributed by atoms with Crippen LogP contribution in [0.4, 0.5) is 5.69 Å². The van der Waals surface area contributed by atoms with Crippen molar-refractivity contribution in [3.05, 3.63) is 39.6 Å². The molecule has 2 N–H and O–H groups in total. The van der Waals surface area contributed by atoms with Crippen molar-refractivity contribution in [1.29, 1.82) is 0 Å². The van der Waals surface area contributed by atoms with Gasteiger partial charge in [-0.1, -0.05) is 6.92 Å². The summed E-state index contributed by atoms with van der Waals surface area (Å²) in [5.74, 6) is 0. The lowest BCUT2D eigenvalue weighted by atomic mass is 9.91. The number of H-pyrrole nitrogens is 1. The third kappa shape index (κ3) is 2.00. The van der Waals surface area contributed by atoms with E-state index in [0.717, 1.165) is 36.7 Å². The van der Waals surface area contributed by atoms with Crippen LogP contribution < -0.4 is 5.32 Å². The number of non-ortho nitro benzene ring substituents is 1. The van der Waals surface area contributed by atoms with Crippen LogP contribution in [-0.4, -0.2) is 16.5 Å². The molecule has 0 fully saturated rings. The van der Waals surface area contributed by atoms with Crippen molar-refractivity contribution in [3.63, 3.8) is 0 Å². The van der Waals surface area contributed by atoms with Gasteiger partial charge in [0.25, 0.3) is 5.69 Å². The smallest absolute Gasteiger partial charge is 0.270 e. The number of benzene rings is 1. The summed E-state index contributed by atoms with van der Waals surface area (Å²) in [6, 6.07) is 5.42. The molecule has 1 aromatic heterocycles. The van der Waals surface area contributed by atoms with E-state index in [1.54, 1.807) is 12.1 Å². The summed E-state index contributed by atoms with van der Waals surface area (Å²) >= 11 is 0. The second-order valence-electron chi connectivity index (χ2n) is 5.01. The van der Waals surface area contributed by atoms with E-state index in [1.165, 1.54) is 11.3 Å². The quantitative estimate of drug-likeness (QED) is 0.657. The zero-order valence-corrected chi connectivity index (χ0v) is 10.9. The van der Waals surface area contributed by atoms with E-state index >= 15 is 0 Å². The van der Waals surface area contributed by atoms with E-state index in [4.69, 9.17) is 0 Å². The molecule has 0 amide bonds. The van der Waals surface area contributed by atoms with E-state index in [-0.39, 0.29) is 10.6 Å². The summed E-state index contributed by atoms with van der Waals surface area (Å²) in [5, 5.41) is 15.4. The lowest BCUT2D eigenvalue weighted by molar-refractivity contribution is -0.384. The van der Waals surface area contributed by atoms with Gasteiger partial charge in [0.1, 0.15) is 0 Å². The number of nitrogens with one attached hydrogen (secondary N) is 2. The Balaban J connectivity index is 2.14. The fourth-order valence-electron chi connectivity index (χ4n) is 3.01. The highest BCUT2D eigenvalue weighted by molar-refractivity contribution is 5.87. The zero-order chi connectivity index (χ0) is 13.4. The summed E-state index contributed by atoms with van der Waals surface area (Å²) in [6.07, 6.45) is 3.24. The van der Waals surface area contributed by atoms with Crippen LogP contribution in [0.15, 0.2) is 18.2 Å². The maximum atomic E-state index is 10.9. The van der Waals surface area contributed by atoms with E-state index < -0.39 is 0 Å². The number of hydrogen-bond acceptors (Lipinski definition) is 3. The number of aromatic amines is 1. The molecule has 5 nitrogen and oxygen atoms in total. The maximum Gasteiger partial charge on any atom is 0.270 e. The molecular formula is C14H17N3O2. The Bertz CT molecular complexity index is 633. The molecule has 5 heteroatoms. The van der Waals surface area contributed by atoms with Gasteiger partial charge in [0.05, 0.1) is 4.92 Å². The summed E-state index contributed by atoms with van der Waals surface area (Å²) < 4.78 is 0. The number of fused-ring (bicyclic) bond motifs is 3. The molecule has 0 aliphatic heterocycles. The van der Waals surface area contributed by atoms with Gasteiger partial charge in [0.15, 0.2) is 0 Å². The molecular weight excluding hydrogens is 242 g/mol. The van der Waals surface area contributed by atoms with Crippen LogP contribution in [0.1, 0.15) is 37.1 Å². The van der Waals surface area contributed by atoms with Gasteiger partial charge in [-0.3, -0.25) is 10.1 Å². The monoisotopic (exact) mass is 259 g/mol. The Morgan fingerprint density at radius 2 is 2.37 bits per heavy atom. The van der Waals surface area contributed by atoms with Crippen molar-refractivity contribution in [3.8, 4) is 0 Å². The Labute approximate surface area is 111 Å². The number of rotatable bonds is 3. The molecule has 19 heavy (non-hydrogen) atoms.